The molecule has 1 aliphatic rings. The molecule has 0 bridgehead atoms. The molecule has 0 radical (unpaired) electrons. The Bertz CT molecular complexity index is 788. The van der Waals surface area contributed by atoms with Crippen molar-refractivity contribution in [1.29, 1.82) is 0 Å². The minimum Gasteiger partial charge on any atom is -0.508 e. The number of ether oxygens (including phenoxy) is 3. The molecule has 1 aliphatic heterocycles. The van der Waals surface area contributed by atoms with Gasteiger partial charge in [-0.3, -0.25) is 0 Å². The number of rotatable bonds is 6. The van der Waals surface area contributed by atoms with E-state index in [1.165, 1.54) is 36.6 Å². The fraction of sp³-hybridized carbons (Fsp3) is 0.389. The molecule has 0 saturated carbocycles. The first-order chi connectivity index (χ1) is 13.4. The van der Waals surface area contributed by atoms with Crippen molar-refractivity contribution in [2.75, 3.05) is 6.61 Å². The van der Waals surface area contributed by atoms with Crippen molar-refractivity contribution in [3.63, 3.8) is 0 Å². The molecule has 0 unspecified atom stereocenters. The Morgan fingerprint density at radius 3 is 2.57 bits per heavy atom. The second-order valence-corrected chi connectivity index (χ2v) is 6.16. The number of carbonyl (C=O) groups is 1. The van der Waals surface area contributed by atoms with E-state index in [1.807, 2.05) is 0 Å². The average molecular weight is 396 g/mol. The standard InChI is InChI=1S/C18H20O10/c19-7-13-14(21)15(22)16(23)18(28-13)27-11-4-3-10(20)6-9(11)8-26-17(24)12-2-1-5-25-12/h1-6,13-16,18-23H,7-8H2/t13-,14-,15+,16-,18-/m1/s1. The highest BCUT2D eigenvalue weighted by Gasteiger charge is 2.44. The van der Waals surface area contributed by atoms with E-state index in [2.05, 4.69) is 0 Å². The molecule has 152 valence electrons. The number of aromatic hydroxyl groups is 1. The second-order valence-electron chi connectivity index (χ2n) is 6.16. The predicted octanol–water partition coefficient (Wildman–Crippen LogP) is -0.479. The third-order valence-corrected chi connectivity index (χ3v) is 4.22. The quantitative estimate of drug-likeness (QED) is 0.404. The predicted molar refractivity (Wildman–Crippen MR) is 90.3 cm³/mol. The number of carbonyl (C=O) groups excluding carboxylic acids is 1. The van der Waals surface area contributed by atoms with Gasteiger partial charge in [0.2, 0.25) is 12.1 Å². The zero-order valence-corrected chi connectivity index (χ0v) is 14.5. The zero-order valence-electron chi connectivity index (χ0n) is 14.5. The van der Waals surface area contributed by atoms with Gasteiger partial charge in [-0.25, -0.2) is 4.79 Å². The molecule has 1 aromatic heterocycles. The lowest BCUT2D eigenvalue weighted by Gasteiger charge is -2.39. The van der Waals surface area contributed by atoms with Crippen LogP contribution < -0.4 is 4.74 Å². The van der Waals surface area contributed by atoms with Crippen molar-refractivity contribution >= 4 is 5.97 Å². The first-order valence-corrected chi connectivity index (χ1v) is 8.40. The minimum atomic E-state index is -1.61. The van der Waals surface area contributed by atoms with E-state index >= 15 is 0 Å². The van der Waals surface area contributed by atoms with Gasteiger partial charge >= 0.3 is 5.97 Å². The maximum Gasteiger partial charge on any atom is 0.374 e. The average Bonchev–Trinajstić information content (AvgIpc) is 3.23. The van der Waals surface area contributed by atoms with Gasteiger partial charge in [-0.15, -0.1) is 0 Å². The summed E-state index contributed by atoms with van der Waals surface area (Å²) in [6.45, 7) is -0.894. The summed E-state index contributed by atoms with van der Waals surface area (Å²) in [6, 6.07) is 6.90. The van der Waals surface area contributed by atoms with Crippen molar-refractivity contribution in [2.45, 2.75) is 37.3 Å². The van der Waals surface area contributed by atoms with Crippen LogP contribution in [0.25, 0.3) is 0 Å². The van der Waals surface area contributed by atoms with E-state index in [0.29, 0.717) is 0 Å². The minimum absolute atomic E-state index is 0.00319. The van der Waals surface area contributed by atoms with Crippen LogP contribution in [0.3, 0.4) is 0 Å². The van der Waals surface area contributed by atoms with Crippen molar-refractivity contribution in [1.82, 2.24) is 0 Å². The van der Waals surface area contributed by atoms with E-state index in [4.69, 9.17) is 18.6 Å². The summed E-state index contributed by atoms with van der Waals surface area (Å²) in [5, 5.41) is 48.7. The van der Waals surface area contributed by atoms with Gasteiger partial charge in [-0.1, -0.05) is 0 Å². The van der Waals surface area contributed by atoms with Gasteiger partial charge in [-0.05, 0) is 30.3 Å². The maximum absolute atomic E-state index is 11.9. The fourth-order valence-corrected chi connectivity index (χ4v) is 2.69. The Hall–Kier alpha value is -2.63. The number of phenols is 1. The number of aliphatic hydroxyl groups is 4. The SMILES string of the molecule is O=C(OCc1cc(O)ccc1O[C@@H]1O[C@H](CO)[C@@H](O)[C@H](O)[C@H]1O)c1ccco1. The summed E-state index contributed by atoms with van der Waals surface area (Å²) in [4.78, 5) is 11.9. The number of esters is 1. The number of benzene rings is 1. The van der Waals surface area contributed by atoms with Gasteiger partial charge in [0, 0.05) is 5.56 Å². The van der Waals surface area contributed by atoms with Gasteiger partial charge in [0.1, 0.15) is 42.5 Å². The van der Waals surface area contributed by atoms with Crippen LogP contribution >= 0.6 is 0 Å². The van der Waals surface area contributed by atoms with E-state index in [-0.39, 0.29) is 29.4 Å². The molecule has 1 aromatic carbocycles. The molecule has 0 amide bonds. The Kier molecular flexibility index (Phi) is 6.17. The molecule has 3 rings (SSSR count). The molecule has 5 atom stereocenters. The van der Waals surface area contributed by atoms with Crippen molar-refractivity contribution < 1.29 is 49.0 Å². The largest absolute Gasteiger partial charge is 0.508 e. The monoisotopic (exact) mass is 396 g/mol. The summed E-state index contributed by atoms with van der Waals surface area (Å²) < 4.78 is 20.9. The van der Waals surface area contributed by atoms with Crippen LogP contribution in [-0.4, -0.2) is 68.8 Å². The molecule has 1 saturated heterocycles. The molecule has 10 nitrogen and oxygen atoms in total. The lowest BCUT2D eigenvalue weighted by molar-refractivity contribution is -0.277. The molecule has 0 spiro atoms. The van der Waals surface area contributed by atoms with Crippen LogP contribution in [-0.2, 0) is 16.1 Å². The van der Waals surface area contributed by atoms with Crippen molar-refractivity contribution in [3.8, 4) is 11.5 Å². The molecule has 0 aliphatic carbocycles. The summed E-state index contributed by atoms with van der Waals surface area (Å²) in [5.41, 5.74) is 0.247. The molecule has 28 heavy (non-hydrogen) atoms. The highest BCUT2D eigenvalue weighted by Crippen LogP contribution is 2.29. The van der Waals surface area contributed by atoms with Crippen LogP contribution in [0.5, 0.6) is 11.5 Å². The van der Waals surface area contributed by atoms with Gasteiger partial charge in [-0.2, -0.15) is 0 Å². The Labute approximate surface area is 159 Å². The van der Waals surface area contributed by atoms with Crippen LogP contribution in [0, 0.1) is 0 Å². The lowest BCUT2D eigenvalue weighted by Crippen LogP contribution is -2.60. The molecule has 5 N–H and O–H groups in total. The highest BCUT2D eigenvalue weighted by atomic mass is 16.7. The number of hydrogen-bond acceptors (Lipinski definition) is 10. The van der Waals surface area contributed by atoms with Gasteiger partial charge in [0.05, 0.1) is 12.9 Å². The van der Waals surface area contributed by atoms with E-state index < -0.39 is 43.3 Å². The van der Waals surface area contributed by atoms with Crippen LogP contribution in [0.15, 0.2) is 41.0 Å². The zero-order chi connectivity index (χ0) is 20.3. The smallest absolute Gasteiger partial charge is 0.374 e. The van der Waals surface area contributed by atoms with E-state index in [0.717, 1.165) is 0 Å². The first kappa shape index (κ1) is 20.1. The van der Waals surface area contributed by atoms with Crippen molar-refractivity contribution in [2.24, 2.45) is 0 Å². The Morgan fingerprint density at radius 2 is 1.89 bits per heavy atom. The molecular weight excluding hydrogens is 376 g/mol. The summed E-state index contributed by atoms with van der Waals surface area (Å²) in [5.74, 6) is -0.761. The Morgan fingerprint density at radius 1 is 1.11 bits per heavy atom. The van der Waals surface area contributed by atoms with Gasteiger partial charge in [0.25, 0.3) is 0 Å². The lowest BCUT2D eigenvalue weighted by atomic mass is 9.99. The van der Waals surface area contributed by atoms with Crippen LogP contribution in [0.4, 0.5) is 0 Å². The first-order valence-electron chi connectivity index (χ1n) is 8.40. The number of hydrogen-bond donors (Lipinski definition) is 5. The molecular formula is C18H20O10. The van der Waals surface area contributed by atoms with Crippen LogP contribution in [0.1, 0.15) is 16.1 Å². The molecule has 2 heterocycles. The fourth-order valence-electron chi connectivity index (χ4n) is 2.69. The number of aliphatic hydroxyl groups excluding tert-OH is 4. The molecule has 2 aromatic rings. The molecule has 1 fully saturated rings. The summed E-state index contributed by atoms with van der Waals surface area (Å²) in [7, 11) is 0. The van der Waals surface area contributed by atoms with Gasteiger partial charge < -0.3 is 44.2 Å². The topological polar surface area (TPSA) is 159 Å². The van der Waals surface area contributed by atoms with E-state index in [9.17, 15) is 30.3 Å². The highest BCUT2D eigenvalue weighted by molar-refractivity contribution is 5.86. The number of phenolic OH excluding ortho intramolecular Hbond substituents is 1. The van der Waals surface area contributed by atoms with Crippen LogP contribution in [0.2, 0.25) is 0 Å². The third-order valence-electron chi connectivity index (χ3n) is 4.22. The maximum atomic E-state index is 11.9. The van der Waals surface area contributed by atoms with E-state index in [1.54, 1.807) is 0 Å². The number of furan rings is 1. The van der Waals surface area contributed by atoms with Gasteiger partial charge in [0.15, 0.2) is 0 Å². The summed E-state index contributed by atoms with van der Waals surface area (Å²) in [6.07, 6.45) is -5.97. The van der Waals surface area contributed by atoms with Crippen molar-refractivity contribution in [3.05, 3.63) is 47.9 Å². The Balaban J connectivity index is 1.74. The molecule has 10 heteroatoms. The second kappa shape index (κ2) is 8.59. The normalized spacial score (nSPS) is 27.4. The summed E-state index contributed by atoms with van der Waals surface area (Å²) >= 11 is 0. The third kappa shape index (κ3) is 4.26.